The normalized spacial score (nSPS) is 13.7. The molecule has 0 saturated heterocycles. The molecule has 0 amide bonds. The predicted octanol–water partition coefficient (Wildman–Crippen LogP) is 11.1. The molecule has 0 unspecified atom stereocenters. The van der Waals surface area contributed by atoms with E-state index in [0.717, 1.165) is 33.2 Å². The van der Waals surface area contributed by atoms with Gasteiger partial charge in [-0.3, -0.25) is 4.90 Å². The van der Waals surface area contributed by atoms with Crippen LogP contribution < -0.4 is 4.90 Å². The molecule has 0 aliphatic heterocycles. The van der Waals surface area contributed by atoms with Gasteiger partial charge in [0.15, 0.2) is 5.58 Å². The van der Waals surface area contributed by atoms with E-state index in [1.807, 2.05) is 11.3 Å². The van der Waals surface area contributed by atoms with E-state index in [1.165, 1.54) is 42.4 Å². The quantitative estimate of drug-likeness (QED) is 0.216. The fourth-order valence-electron chi connectivity index (χ4n) is 6.79. The average Bonchev–Trinajstić information content (AvgIpc) is 3.68. The van der Waals surface area contributed by atoms with Gasteiger partial charge in [-0.25, -0.2) is 0 Å². The molecule has 0 atom stereocenters. The Kier molecular flexibility index (Phi) is 4.83. The largest absolute Gasteiger partial charge is 0.422 e. The zero-order valence-electron chi connectivity index (χ0n) is 23.3. The molecule has 2 heterocycles. The molecule has 8 aromatic rings. The lowest BCUT2D eigenvalue weighted by Gasteiger charge is -2.25. The second kappa shape index (κ2) is 8.54. The van der Waals surface area contributed by atoms with Gasteiger partial charge in [-0.1, -0.05) is 98.8 Å². The monoisotopic (exact) mass is 558 g/mol. The van der Waals surface area contributed by atoms with Crippen molar-refractivity contribution in [3.05, 3.63) is 132 Å². The van der Waals surface area contributed by atoms with Gasteiger partial charge in [0, 0.05) is 31.0 Å². The Morgan fingerprint density at radius 3 is 2.26 bits per heavy atom. The smallest absolute Gasteiger partial charge is 0.307 e. The van der Waals surface area contributed by atoms with Crippen LogP contribution >= 0.6 is 11.3 Å². The van der Waals surface area contributed by atoms with Crippen LogP contribution in [-0.2, 0) is 5.41 Å². The second-order valence-electron chi connectivity index (χ2n) is 11.6. The highest BCUT2D eigenvalue weighted by Crippen LogP contribution is 2.51. The summed E-state index contributed by atoms with van der Waals surface area (Å²) in [6.07, 6.45) is 0. The first-order chi connectivity index (χ1) is 20.6. The SMILES string of the molecule is CC1(C)c2ccccc2-c2ccc(N(c3ccc4c(c3)sc3ccccc34)c3nc4ccc5ccccc5c4o3)cc21. The van der Waals surface area contributed by atoms with E-state index in [1.54, 1.807) is 0 Å². The Bertz CT molecular complexity index is 2360. The van der Waals surface area contributed by atoms with Crippen molar-refractivity contribution in [2.75, 3.05) is 4.90 Å². The molecule has 2 aromatic heterocycles. The van der Waals surface area contributed by atoms with Crippen LogP contribution in [0.25, 0.3) is 53.2 Å². The summed E-state index contributed by atoms with van der Waals surface area (Å²) in [5, 5.41) is 4.77. The molecule has 200 valence electrons. The summed E-state index contributed by atoms with van der Waals surface area (Å²) < 4.78 is 9.21. The van der Waals surface area contributed by atoms with E-state index in [0.29, 0.717) is 6.01 Å². The van der Waals surface area contributed by atoms with Gasteiger partial charge in [0.1, 0.15) is 5.52 Å². The van der Waals surface area contributed by atoms with Crippen molar-refractivity contribution >= 4 is 70.8 Å². The van der Waals surface area contributed by atoms with E-state index >= 15 is 0 Å². The molecule has 0 spiro atoms. The molecule has 4 heteroatoms. The molecule has 3 nitrogen and oxygen atoms in total. The predicted molar refractivity (Wildman–Crippen MR) is 177 cm³/mol. The highest BCUT2D eigenvalue weighted by molar-refractivity contribution is 7.25. The summed E-state index contributed by atoms with van der Waals surface area (Å²) in [6, 6.07) is 44.0. The van der Waals surface area contributed by atoms with Crippen molar-refractivity contribution in [1.82, 2.24) is 4.98 Å². The van der Waals surface area contributed by atoms with Gasteiger partial charge in [-0.05, 0) is 64.0 Å². The lowest BCUT2D eigenvalue weighted by atomic mass is 9.82. The highest BCUT2D eigenvalue weighted by atomic mass is 32.1. The standard InChI is InChI=1S/C38H26N2OS/c1-38(2)31-13-7-5-11-27(31)28-18-16-24(21-32(28)38)40(25-17-19-30-29-12-6-8-14-34(29)42-35(30)22-25)37-39-33-20-15-23-9-3-4-10-26(23)36(33)41-37/h3-22H,1-2H3. The van der Waals surface area contributed by atoms with E-state index in [2.05, 4.69) is 140 Å². The van der Waals surface area contributed by atoms with Crippen molar-refractivity contribution in [1.29, 1.82) is 0 Å². The summed E-state index contributed by atoms with van der Waals surface area (Å²) in [6.45, 7) is 4.64. The van der Waals surface area contributed by atoms with E-state index < -0.39 is 0 Å². The zero-order chi connectivity index (χ0) is 28.0. The molecule has 42 heavy (non-hydrogen) atoms. The molecule has 6 aromatic carbocycles. The number of oxazole rings is 1. The van der Waals surface area contributed by atoms with E-state index in [4.69, 9.17) is 9.40 Å². The summed E-state index contributed by atoms with van der Waals surface area (Å²) >= 11 is 1.82. The molecule has 1 aliphatic rings. The fraction of sp³-hybridized carbons (Fsp3) is 0.0789. The maximum atomic E-state index is 6.67. The highest BCUT2D eigenvalue weighted by Gasteiger charge is 2.36. The van der Waals surface area contributed by atoms with Crippen molar-refractivity contribution in [2.24, 2.45) is 0 Å². The first-order valence-corrected chi connectivity index (χ1v) is 15.1. The van der Waals surface area contributed by atoms with E-state index in [9.17, 15) is 0 Å². The minimum Gasteiger partial charge on any atom is -0.422 e. The fourth-order valence-corrected chi connectivity index (χ4v) is 7.93. The van der Waals surface area contributed by atoms with E-state index in [-0.39, 0.29) is 5.41 Å². The average molecular weight is 559 g/mol. The number of rotatable bonds is 3. The maximum absolute atomic E-state index is 6.67. The zero-order valence-corrected chi connectivity index (χ0v) is 24.1. The Balaban J connectivity index is 1.29. The minimum atomic E-state index is -0.111. The van der Waals surface area contributed by atoms with Gasteiger partial charge in [0.2, 0.25) is 0 Å². The van der Waals surface area contributed by atoms with Crippen LogP contribution in [0.4, 0.5) is 17.4 Å². The Labute approximate surface area is 247 Å². The summed E-state index contributed by atoms with van der Waals surface area (Å²) in [5.74, 6) is 0. The topological polar surface area (TPSA) is 29.3 Å². The number of fused-ring (bicyclic) bond motifs is 9. The van der Waals surface area contributed by atoms with Gasteiger partial charge in [0.05, 0.1) is 11.4 Å². The Morgan fingerprint density at radius 2 is 1.33 bits per heavy atom. The molecule has 0 radical (unpaired) electrons. The van der Waals surface area contributed by atoms with Crippen molar-refractivity contribution in [2.45, 2.75) is 19.3 Å². The van der Waals surface area contributed by atoms with Gasteiger partial charge in [-0.15, -0.1) is 11.3 Å². The number of anilines is 3. The summed E-state index contributed by atoms with van der Waals surface area (Å²) in [4.78, 5) is 7.25. The molecular weight excluding hydrogens is 532 g/mol. The molecule has 0 N–H and O–H groups in total. The third kappa shape index (κ3) is 3.30. The lowest BCUT2D eigenvalue weighted by molar-refractivity contribution is 0.611. The number of aromatic nitrogens is 1. The molecule has 0 saturated carbocycles. The number of hydrogen-bond donors (Lipinski definition) is 0. The van der Waals surface area contributed by atoms with Crippen molar-refractivity contribution in [3.8, 4) is 11.1 Å². The summed E-state index contributed by atoms with van der Waals surface area (Å²) in [5.41, 5.74) is 8.90. The second-order valence-corrected chi connectivity index (χ2v) is 12.7. The van der Waals surface area contributed by atoms with Crippen LogP contribution in [0.2, 0.25) is 0 Å². The molecule has 0 fully saturated rings. The molecular formula is C38H26N2OS. The van der Waals surface area contributed by atoms with Crippen molar-refractivity contribution < 1.29 is 4.42 Å². The molecule has 0 bridgehead atoms. The first-order valence-electron chi connectivity index (χ1n) is 14.3. The number of hydrogen-bond acceptors (Lipinski definition) is 4. The van der Waals surface area contributed by atoms with Crippen LogP contribution in [0.1, 0.15) is 25.0 Å². The number of nitrogens with zero attached hydrogens (tertiary/aromatic N) is 2. The third-order valence-corrected chi connectivity index (χ3v) is 10.0. The van der Waals surface area contributed by atoms with Crippen molar-refractivity contribution in [3.63, 3.8) is 0 Å². The van der Waals surface area contributed by atoms with Crippen LogP contribution in [0, 0.1) is 0 Å². The van der Waals surface area contributed by atoms with Crippen LogP contribution in [0.3, 0.4) is 0 Å². The van der Waals surface area contributed by atoms with Crippen LogP contribution in [0.5, 0.6) is 0 Å². The van der Waals surface area contributed by atoms with Crippen LogP contribution in [-0.4, -0.2) is 4.98 Å². The maximum Gasteiger partial charge on any atom is 0.307 e. The number of thiophene rings is 1. The summed E-state index contributed by atoms with van der Waals surface area (Å²) in [7, 11) is 0. The van der Waals surface area contributed by atoms with Gasteiger partial charge in [-0.2, -0.15) is 4.98 Å². The van der Waals surface area contributed by atoms with Gasteiger partial charge >= 0.3 is 6.01 Å². The first kappa shape index (κ1) is 23.7. The van der Waals surface area contributed by atoms with Gasteiger partial charge in [0.25, 0.3) is 0 Å². The lowest BCUT2D eigenvalue weighted by Crippen LogP contribution is -2.16. The third-order valence-electron chi connectivity index (χ3n) is 8.91. The molecule has 9 rings (SSSR count). The van der Waals surface area contributed by atoms with Crippen LogP contribution in [0.15, 0.2) is 126 Å². The Morgan fingerprint density at radius 1 is 0.619 bits per heavy atom. The van der Waals surface area contributed by atoms with Gasteiger partial charge < -0.3 is 4.42 Å². The Hall–Kier alpha value is -4.93. The number of benzene rings is 6. The minimum absolute atomic E-state index is 0.111. The molecule has 1 aliphatic carbocycles.